The van der Waals surface area contributed by atoms with Gasteiger partial charge in [0, 0.05) is 24.4 Å². The second-order valence-electron chi connectivity index (χ2n) is 4.09. The molecule has 0 spiro atoms. The van der Waals surface area contributed by atoms with Gasteiger partial charge in [-0.3, -0.25) is 0 Å². The van der Waals surface area contributed by atoms with Crippen LogP contribution in [0.1, 0.15) is 5.69 Å². The number of imidazole rings is 1. The molecule has 0 amide bonds. The van der Waals surface area contributed by atoms with Gasteiger partial charge in [0.1, 0.15) is 11.3 Å². The average molecular weight is 297 g/mol. The van der Waals surface area contributed by atoms with E-state index in [1.54, 1.807) is 10.1 Å². The van der Waals surface area contributed by atoms with Gasteiger partial charge < -0.3 is 9.55 Å². The number of aryl methyl sites for hydroxylation is 2. The SMILES string of the molecule is Fc1cc(F)c2[nH]c(=S)n(CCc3cscn3)c2c1. The molecular formula is C12H9F2N3S2. The summed E-state index contributed by atoms with van der Waals surface area (Å²) in [6, 6.07) is 2.13. The number of fused-ring (bicyclic) bond motifs is 1. The molecule has 0 radical (unpaired) electrons. The summed E-state index contributed by atoms with van der Waals surface area (Å²) in [4.78, 5) is 6.94. The van der Waals surface area contributed by atoms with Crippen LogP contribution in [-0.2, 0) is 13.0 Å². The highest BCUT2D eigenvalue weighted by Gasteiger charge is 2.11. The number of benzene rings is 1. The number of rotatable bonds is 3. The van der Waals surface area contributed by atoms with Gasteiger partial charge in [-0.25, -0.2) is 13.8 Å². The first-order valence-corrected chi connectivity index (χ1v) is 6.95. The molecule has 0 aliphatic rings. The van der Waals surface area contributed by atoms with Crippen LogP contribution in [0.3, 0.4) is 0 Å². The van der Waals surface area contributed by atoms with Gasteiger partial charge in [-0.1, -0.05) is 0 Å². The van der Waals surface area contributed by atoms with Gasteiger partial charge in [-0.15, -0.1) is 11.3 Å². The molecule has 3 rings (SSSR count). The largest absolute Gasteiger partial charge is 0.328 e. The van der Waals surface area contributed by atoms with Gasteiger partial charge in [0.2, 0.25) is 0 Å². The van der Waals surface area contributed by atoms with Crippen LogP contribution in [0.4, 0.5) is 8.78 Å². The molecular weight excluding hydrogens is 288 g/mol. The number of hydrogen-bond donors (Lipinski definition) is 1. The van der Waals surface area contributed by atoms with E-state index in [9.17, 15) is 8.78 Å². The molecule has 0 aliphatic heterocycles. The van der Waals surface area contributed by atoms with E-state index in [1.807, 2.05) is 5.38 Å². The predicted octanol–water partition coefficient (Wildman–Crippen LogP) is 3.68. The van der Waals surface area contributed by atoms with Gasteiger partial charge in [-0.2, -0.15) is 0 Å². The third kappa shape index (κ3) is 2.31. The van der Waals surface area contributed by atoms with E-state index >= 15 is 0 Å². The third-order valence-electron chi connectivity index (χ3n) is 2.88. The Balaban J connectivity index is 2.03. The second kappa shape index (κ2) is 4.82. The van der Waals surface area contributed by atoms with Crippen LogP contribution >= 0.6 is 23.6 Å². The number of nitrogens with one attached hydrogen (secondary N) is 1. The van der Waals surface area contributed by atoms with Crippen molar-refractivity contribution in [3.8, 4) is 0 Å². The third-order valence-corrected chi connectivity index (χ3v) is 3.83. The molecule has 1 N–H and O–H groups in total. The Bertz CT molecular complexity index is 774. The lowest BCUT2D eigenvalue weighted by molar-refractivity contribution is 0.589. The van der Waals surface area contributed by atoms with Crippen LogP contribution in [0.15, 0.2) is 23.0 Å². The van der Waals surface area contributed by atoms with E-state index in [4.69, 9.17) is 12.2 Å². The van der Waals surface area contributed by atoms with Crippen molar-refractivity contribution < 1.29 is 8.78 Å². The molecule has 0 bridgehead atoms. The van der Waals surface area contributed by atoms with Crippen molar-refractivity contribution in [3.63, 3.8) is 0 Å². The van der Waals surface area contributed by atoms with Crippen LogP contribution in [0.5, 0.6) is 0 Å². The zero-order chi connectivity index (χ0) is 13.4. The number of thiazole rings is 1. The molecule has 98 valence electrons. The summed E-state index contributed by atoms with van der Waals surface area (Å²) in [6.45, 7) is 0.533. The molecule has 0 atom stereocenters. The molecule has 0 saturated heterocycles. The zero-order valence-electron chi connectivity index (χ0n) is 9.69. The molecule has 0 fully saturated rings. The fraction of sp³-hybridized carbons (Fsp3) is 0.167. The lowest BCUT2D eigenvalue weighted by atomic mass is 10.3. The molecule has 0 saturated carbocycles. The number of nitrogens with zero attached hydrogens (tertiary/aromatic N) is 2. The fourth-order valence-electron chi connectivity index (χ4n) is 1.99. The van der Waals surface area contributed by atoms with Gasteiger partial charge in [0.05, 0.1) is 16.7 Å². The lowest BCUT2D eigenvalue weighted by Gasteiger charge is -2.03. The Morgan fingerprint density at radius 3 is 2.95 bits per heavy atom. The van der Waals surface area contributed by atoms with Crippen molar-refractivity contribution in [1.82, 2.24) is 14.5 Å². The first kappa shape index (κ1) is 12.4. The van der Waals surface area contributed by atoms with Gasteiger partial charge in [-0.05, 0) is 18.3 Å². The highest BCUT2D eigenvalue weighted by Crippen LogP contribution is 2.20. The highest BCUT2D eigenvalue weighted by molar-refractivity contribution is 7.71. The van der Waals surface area contributed by atoms with Gasteiger partial charge in [0.15, 0.2) is 10.6 Å². The van der Waals surface area contributed by atoms with Crippen molar-refractivity contribution in [2.75, 3.05) is 0 Å². The minimum absolute atomic E-state index is 0.240. The van der Waals surface area contributed by atoms with Crippen LogP contribution in [0.25, 0.3) is 11.0 Å². The van der Waals surface area contributed by atoms with Crippen LogP contribution in [-0.4, -0.2) is 14.5 Å². The van der Waals surface area contributed by atoms with Gasteiger partial charge >= 0.3 is 0 Å². The second-order valence-corrected chi connectivity index (χ2v) is 5.20. The number of halogens is 2. The Kier molecular flexibility index (Phi) is 3.16. The molecule has 2 heterocycles. The van der Waals surface area contributed by atoms with Crippen LogP contribution in [0.2, 0.25) is 0 Å². The molecule has 0 aliphatic carbocycles. The van der Waals surface area contributed by atoms with Crippen molar-refractivity contribution in [2.45, 2.75) is 13.0 Å². The summed E-state index contributed by atoms with van der Waals surface area (Å²) < 4.78 is 29.0. The topological polar surface area (TPSA) is 33.6 Å². The number of aromatic amines is 1. The normalized spacial score (nSPS) is 11.3. The Morgan fingerprint density at radius 1 is 1.37 bits per heavy atom. The minimum Gasteiger partial charge on any atom is -0.328 e. The van der Waals surface area contributed by atoms with E-state index in [0.717, 1.165) is 11.8 Å². The average Bonchev–Trinajstić information content (AvgIpc) is 2.95. The molecule has 7 heteroatoms. The van der Waals surface area contributed by atoms with Crippen molar-refractivity contribution in [1.29, 1.82) is 0 Å². The van der Waals surface area contributed by atoms with Crippen molar-refractivity contribution >= 4 is 34.6 Å². The van der Waals surface area contributed by atoms with Crippen LogP contribution < -0.4 is 0 Å². The van der Waals surface area contributed by atoms with E-state index < -0.39 is 11.6 Å². The first-order chi connectivity index (χ1) is 9.15. The summed E-state index contributed by atoms with van der Waals surface area (Å²) in [7, 11) is 0. The summed E-state index contributed by atoms with van der Waals surface area (Å²) in [5.41, 5.74) is 3.38. The first-order valence-electron chi connectivity index (χ1n) is 5.60. The Morgan fingerprint density at radius 2 is 2.21 bits per heavy atom. The monoisotopic (exact) mass is 297 g/mol. The summed E-state index contributed by atoms with van der Waals surface area (Å²) >= 11 is 6.67. The summed E-state index contributed by atoms with van der Waals surface area (Å²) in [6.07, 6.45) is 0.670. The maximum Gasteiger partial charge on any atom is 0.178 e. The molecule has 3 aromatic rings. The maximum absolute atomic E-state index is 13.6. The van der Waals surface area contributed by atoms with Gasteiger partial charge in [0.25, 0.3) is 0 Å². The summed E-state index contributed by atoms with van der Waals surface area (Å²) in [5.74, 6) is -1.24. The molecule has 2 aromatic heterocycles. The highest BCUT2D eigenvalue weighted by atomic mass is 32.1. The van der Waals surface area contributed by atoms with E-state index in [0.29, 0.717) is 23.3 Å². The van der Waals surface area contributed by atoms with Crippen molar-refractivity contribution in [2.24, 2.45) is 0 Å². The zero-order valence-corrected chi connectivity index (χ0v) is 11.3. The Hall–Kier alpha value is -1.60. The smallest absolute Gasteiger partial charge is 0.178 e. The summed E-state index contributed by atoms with van der Waals surface area (Å²) in [5, 5.41) is 1.94. The molecule has 3 nitrogen and oxygen atoms in total. The van der Waals surface area contributed by atoms with Crippen LogP contribution in [0, 0.1) is 16.4 Å². The molecule has 0 unspecified atom stereocenters. The standard InChI is InChI=1S/C12H9F2N3S2/c13-7-3-9(14)11-10(4-7)17(12(18)16-11)2-1-8-5-19-6-15-8/h3-6H,1-2H2,(H,16,18). The fourth-order valence-corrected chi connectivity index (χ4v) is 2.87. The Labute approximate surface area is 116 Å². The van der Waals surface area contributed by atoms with E-state index in [1.165, 1.54) is 17.4 Å². The van der Waals surface area contributed by atoms with E-state index in [2.05, 4.69) is 9.97 Å². The van der Waals surface area contributed by atoms with E-state index in [-0.39, 0.29) is 5.52 Å². The predicted molar refractivity (Wildman–Crippen MR) is 72.9 cm³/mol. The number of aromatic nitrogens is 3. The van der Waals surface area contributed by atoms with Crippen molar-refractivity contribution in [3.05, 3.63) is 45.1 Å². The molecule has 1 aromatic carbocycles. The number of hydrogen-bond acceptors (Lipinski definition) is 3. The molecule has 19 heavy (non-hydrogen) atoms. The maximum atomic E-state index is 13.6. The minimum atomic E-state index is -0.631. The quantitative estimate of drug-likeness (QED) is 0.748. The lowest BCUT2D eigenvalue weighted by Crippen LogP contribution is -2.01. The number of H-pyrrole nitrogens is 1.